The van der Waals surface area contributed by atoms with E-state index in [4.69, 9.17) is 11.6 Å². The predicted octanol–water partition coefficient (Wildman–Crippen LogP) is 2.66. The first-order chi connectivity index (χ1) is 8.18. The minimum absolute atomic E-state index is 0.206. The second-order valence-corrected chi connectivity index (χ2v) is 5.04. The molecule has 0 spiro atoms. The first-order valence-electron chi connectivity index (χ1n) is 6.02. The highest BCUT2D eigenvalue weighted by atomic mass is 35.5. The Bertz CT molecular complexity index is 378. The minimum atomic E-state index is -0.287. The number of likely N-dealkylation sites (N-methyl/N-ethyl adjacent to an activating group) is 1. The Balaban J connectivity index is 2.01. The number of benzene rings is 1. The van der Waals surface area contributed by atoms with Gasteiger partial charge in [-0.25, -0.2) is 4.39 Å². The highest BCUT2D eigenvalue weighted by Crippen LogP contribution is 2.20. The van der Waals surface area contributed by atoms with Crippen molar-refractivity contribution in [1.82, 2.24) is 10.2 Å². The van der Waals surface area contributed by atoms with Gasteiger partial charge in [0.05, 0.1) is 5.02 Å². The molecule has 1 fully saturated rings. The molecule has 94 valence electrons. The Hall–Kier alpha value is -0.640. The minimum Gasteiger partial charge on any atom is -0.315 e. The van der Waals surface area contributed by atoms with Gasteiger partial charge in [-0.1, -0.05) is 23.7 Å². The van der Waals surface area contributed by atoms with E-state index in [1.165, 1.54) is 12.8 Å². The summed E-state index contributed by atoms with van der Waals surface area (Å²) in [4.78, 5) is 2.20. The zero-order valence-corrected chi connectivity index (χ0v) is 10.8. The van der Waals surface area contributed by atoms with E-state index in [2.05, 4.69) is 10.2 Å². The quantitative estimate of drug-likeness (QED) is 0.895. The van der Waals surface area contributed by atoms with E-state index in [1.807, 2.05) is 7.05 Å². The van der Waals surface area contributed by atoms with Gasteiger partial charge in [0.1, 0.15) is 5.82 Å². The molecule has 1 aliphatic rings. The Labute approximate surface area is 107 Å². The molecule has 17 heavy (non-hydrogen) atoms. The molecule has 0 aromatic heterocycles. The Morgan fingerprint density at radius 3 is 3.06 bits per heavy atom. The summed E-state index contributed by atoms with van der Waals surface area (Å²) in [6.45, 7) is 2.69. The van der Waals surface area contributed by atoms with E-state index in [1.54, 1.807) is 18.2 Å². The zero-order valence-electron chi connectivity index (χ0n) is 10.0. The zero-order chi connectivity index (χ0) is 12.3. The number of rotatable bonds is 3. The molecule has 4 heteroatoms. The largest absolute Gasteiger partial charge is 0.315 e. The summed E-state index contributed by atoms with van der Waals surface area (Å²) < 4.78 is 13.8. The number of nitrogens with one attached hydrogen (secondary N) is 1. The summed E-state index contributed by atoms with van der Waals surface area (Å²) in [5.41, 5.74) is 0.672. The fraction of sp³-hybridized carbons (Fsp3) is 0.538. The van der Waals surface area contributed by atoms with Crippen molar-refractivity contribution in [3.63, 3.8) is 0 Å². The van der Waals surface area contributed by atoms with Crippen LogP contribution in [-0.2, 0) is 6.54 Å². The molecule has 1 heterocycles. The first kappa shape index (κ1) is 12.8. The van der Waals surface area contributed by atoms with E-state index < -0.39 is 0 Å². The van der Waals surface area contributed by atoms with Crippen molar-refractivity contribution in [2.45, 2.75) is 25.4 Å². The van der Waals surface area contributed by atoms with Gasteiger partial charge in [-0.05, 0) is 32.5 Å². The summed E-state index contributed by atoms with van der Waals surface area (Å²) in [6.07, 6.45) is 2.36. The molecule has 0 aliphatic carbocycles. The Morgan fingerprint density at radius 1 is 1.53 bits per heavy atom. The lowest BCUT2D eigenvalue weighted by atomic mass is 10.1. The fourth-order valence-corrected chi connectivity index (χ4v) is 2.47. The smallest absolute Gasteiger partial charge is 0.146 e. The van der Waals surface area contributed by atoms with Crippen LogP contribution in [-0.4, -0.2) is 31.1 Å². The van der Waals surface area contributed by atoms with E-state index >= 15 is 0 Å². The van der Waals surface area contributed by atoms with E-state index in [0.29, 0.717) is 18.2 Å². The van der Waals surface area contributed by atoms with Crippen molar-refractivity contribution < 1.29 is 4.39 Å². The van der Waals surface area contributed by atoms with Crippen molar-refractivity contribution in [3.05, 3.63) is 34.6 Å². The topological polar surface area (TPSA) is 15.3 Å². The SMILES string of the molecule is CN(Cc1cccc(Cl)c1F)C1CCCNC1. The van der Waals surface area contributed by atoms with Crippen LogP contribution in [0.3, 0.4) is 0 Å². The van der Waals surface area contributed by atoms with Crippen LogP contribution >= 0.6 is 11.6 Å². The molecule has 0 radical (unpaired) electrons. The summed E-state index contributed by atoms with van der Waals surface area (Å²) >= 11 is 5.78. The molecular formula is C13H18ClFN2. The number of piperidine rings is 1. The highest BCUT2D eigenvalue weighted by molar-refractivity contribution is 6.30. The van der Waals surface area contributed by atoms with Gasteiger partial charge in [0.15, 0.2) is 0 Å². The lowest BCUT2D eigenvalue weighted by Crippen LogP contribution is -2.43. The standard InChI is InChI=1S/C13H18ClFN2/c1-17(11-5-3-7-16-8-11)9-10-4-2-6-12(14)13(10)15/h2,4,6,11,16H,3,5,7-9H2,1H3. The van der Waals surface area contributed by atoms with Crippen LogP contribution in [0.25, 0.3) is 0 Å². The van der Waals surface area contributed by atoms with Crippen LogP contribution in [0.15, 0.2) is 18.2 Å². The third-order valence-electron chi connectivity index (χ3n) is 3.35. The van der Waals surface area contributed by atoms with Gasteiger partial charge >= 0.3 is 0 Å². The summed E-state index contributed by atoms with van der Waals surface area (Å²) in [5, 5.41) is 3.57. The number of hydrogen-bond acceptors (Lipinski definition) is 2. The Kier molecular flexibility index (Phi) is 4.37. The molecule has 2 nitrogen and oxygen atoms in total. The highest BCUT2D eigenvalue weighted by Gasteiger charge is 2.19. The van der Waals surface area contributed by atoms with Crippen molar-refractivity contribution in [2.24, 2.45) is 0 Å². The second kappa shape index (κ2) is 5.80. The maximum Gasteiger partial charge on any atom is 0.146 e. The predicted molar refractivity (Wildman–Crippen MR) is 68.8 cm³/mol. The average molecular weight is 257 g/mol. The third kappa shape index (κ3) is 3.18. The summed E-state index contributed by atoms with van der Waals surface area (Å²) in [6, 6.07) is 5.67. The molecule has 1 N–H and O–H groups in total. The molecule has 1 unspecified atom stereocenters. The molecule has 0 amide bonds. The van der Waals surface area contributed by atoms with Crippen LogP contribution < -0.4 is 5.32 Å². The lowest BCUT2D eigenvalue weighted by molar-refractivity contribution is 0.194. The van der Waals surface area contributed by atoms with Crippen molar-refractivity contribution >= 4 is 11.6 Å². The Morgan fingerprint density at radius 2 is 2.35 bits per heavy atom. The van der Waals surface area contributed by atoms with E-state index in [9.17, 15) is 4.39 Å². The molecule has 1 aliphatic heterocycles. The van der Waals surface area contributed by atoms with Crippen molar-refractivity contribution in [1.29, 1.82) is 0 Å². The fourth-order valence-electron chi connectivity index (χ4n) is 2.28. The van der Waals surface area contributed by atoms with Gasteiger partial charge in [0, 0.05) is 24.7 Å². The van der Waals surface area contributed by atoms with Crippen LogP contribution in [0.4, 0.5) is 4.39 Å². The van der Waals surface area contributed by atoms with Gasteiger partial charge in [-0.15, -0.1) is 0 Å². The van der Waals surface area contributed by atoms with Crippen LogP contribution in [0.1, 0.15) is 18.4 Å². The van der Waals surface area contributed by atoms with Crippen LogP contribution in [0.2, 0.25) is 5.02 Å². The maximum absolute atomic E-state index is 13.8. The van der Waals surface area contributed by atoms with Gasteiger partial charge < -0.3 is 5.32 Å². The number of nitrogens with zero attached hydrogens (tertiary/aromatic N) is 1. The van der Waals surface area contributed by atoms with Crippen molar-refractivity contribution in [2.75, 3.05) is 20.1 Å². The first-order valence-corrected chi connectivity index (χ1v) is 6.40. The average Bonchev–Trinajstić information content (AvgIpc) is 2.36. The molecule has 0 bridgehead atoms. The van der Waals surface area contributed by atoms with Gasteiger partial charge in [0.25, 0.3) is 0 Å². The van der Waals surface area contributed by atoms with Gasteiger partial charge in [-0.3, -0.25) is 4.90 Å². The van der Waals surface area contributed by atoms with E-state index in [-0.39, 0.29) is 10.8 Å². The monoisotopic (exact) mass is 256 g/mol. The number of halogens is 2. The van der Waals surface area contributed by atoms with E-state index in [0.717, 1.165) is 13.1 Å². The lowest BCUT2D eigenvalue weighted by Gasteiger charge is -2.31. The van der Waals surface area contributed by atoms with Gasteiger partial charge in [0.2, 0.25) is 0 Å². The molecule has 1 saturated heterocycles. The second-order valence-electron chi connectivity index (χ2n) is 4.63. The van der Waals surface area contributed by atoms with Crippen LogP contribution in [0, 0.1) is 5.82 Å². The third-order valence-corrected chi connectivity index (χ3v) is 3.64. The molecule has 1 atom stereocenters. The molecule has 1 aromatic rings. The van der Waals surface area contributed by atoms with Crippen LogP contribution in [0.5, 0.6) is 0 Å². The molecule has 0 saturated carbocycles. The normalized spacial score (nSPS) is 20.8. The molecule has 1 aromatic carbocycles. The summed E-state index contributed by atoms with van der Waals surface area (Å²) in [7, 11) is 2.04. The van der Waals surface area contributed by atoms with Gasteiger partial charge in [-0.2, -0.15) is 0 Å². The maximum atomic E-state index is 13.8. The molecular weight excluding hydrogens is 239 g/mol. The number of hydrogen-bond donors (Lipinski definition) is 1. The summed E-state index contributed by atoms with van der Waals surface area (Å²) in [5.74, 6) is -0.287. The molecule has 2 rings (SSSR count). The van der Waals surface area contributed by atoms with Crippen molar-refractivity contribution in [3.8, 4) is 0 Å².